The number of Topliss-reactive ketones (excluding diaryl/α,β-unsaturated/α-hetero) is 1. The van der Waals surface area contributed by atoms with E-state index in [9.17, 15) is 13.6 Å². The van der Waals surface area contributed by atoms with Gasteiger partial charge in [0.1, 0.15) is 13.3 Å². The Morgan fingerprint density at radius 2 is 1.10 bits per heavy atom. The van der Waals surface area contributed by atoms with Gasteiger partial charge in [-0.25, -0.2) is 8.78 Å². The molecule has 2 atom stereocenters. The maximum atomic E-state index is 13.3. The van der Waals surface area contributed by atoms with Gasteiger partial charge in [-0.3, -0.25) is 4.79 Å². The second-order valence-electron chi connectivity index (χ2n) is 4.64. The standard InChI is InChI=1S/C17H16F2O/c18-11-15(13-7-3-1-4-8-13)17(20)16(12-19)14-9-5-2-6-10-14/h1-10,15-16H,11-12H2. The average Bonchev–Trinajstić information content (AvgIpc) is 2.51. The Bertz CT molecular complexity index is 490. The summed E-state index contributed by atoms with van der Waals surface area (Å²) in [7, 11) is 0. The van der Waals surface area contributed by atoms with Crippen LogP contribution in [0.3, 0.4) is 0 Å². The van der Waals surface area contributed by atoms with Crippen LogP contribution in [0.1, 0.15) is 23.0 Å². The van der Waals surface area contributed by atoms with Crippen molar-refractivity contribution in [1.82, 2.24) is 0 Å². The molecule has 2 aromatic carbocycles. The summed E-state index contributed by atoms with van der Waals surface area (Å²) in [6, 6.07) is 17.4. The summed E-state index contributed by atoms with van der Waals surface area (Å²) in [6.45, 7) is -1.63. The summed E-state index contributed by atoms with van der Waals surface area (Å²) in [5.74, 6) is -2.22. The van der Waals surface area contributed by atoms with Gasteiger partial charge in [0.25, 0.3) is 0 Å². The fourth-order valence-corrected chi connectivity index (χ4v) is 2.27. The Hall–Kier alpha value is -2.03. The van der Waals surface area contributed by atoms with E-state index in [1.165, 1.54) is 0 Å². The summed E-state index contributed by atoms with van der Waals surface area (Å²) >= 11 is 0. The Morgan fingerprint density at radius 3 is 1.40 bits per heavy atom. The molecule has 2 aromatic rings. The highest BCUT2D eigenvalue weighted by Gasteiger charge is 2.29. The summed E-state index contributed by atoms with van der Waals surface area (Å²) in [6.07, 6.45) is 0. The third kappa shape index (κ3) is 3.10. The molecule has 0 aliphatic rings. The molecular weight excluding hydrogens is 258 g/mol. The van der Waals surface area contributed by atoms with Gasteiger partial charge in [0.2, 0.25) is 0 Å². The molecule has 0 spiro atoms. The third-order valence-electron chi connectivity index (χ3n) is 3.40. The summed E-state index contributed by atoms with van der Waals surface area (Å²) in [4.78, 5) is 12.4. The first-order valence-electron chi connectivity index (χ1n) is 6.53. The van der Waals surface area contributed by atoms with Crippen LogP contribution < -0.4 is 0 Å². The fraction of sp³-hybridized carbons (Fsp3) is 0.235. The van der Waals surface area contributed by atoms with Crippen molar-refractivity contribution in [2.75, 3.05) is 13.3 Å². The number of benzene rings is 2. The van der Waals surface area contributed by atoms with Gasteiger partial charge in [-0.2, -0.15) is 0 Å². The van der Waals surface area contributed by atoms with E-state index in [0.717, 1.165) is 0 Å². The first-order chi connectivity index (χ1) is 9.77. The van der Waals surface area contributed by atoms with Crippen LogP contribution in [0.5, 0.6) is 0 Å². The van der Waals surface area contributed by atoms with Crippen molar-refractivity contribution in [2.24, 2.45) is 0 Å². The lowest BCUT2D eigenvalue weighted by molar-refractivity contribution is -0.122. The molecule has 0 bridgehead atoms. The molecule has 2 rings (SSSR count). The van der Waals surface area contributed by atoms with Gasteiger partial charge in [-0.05, 0) is 11.1 Å². The Balaban J connectivity index is 2.28. The van der Waals surface area contributed by atoms with Gasteiger partial charge in [-0.1, -0.05) is 60.7 Å². The van der Waals surface area contributed by atoms with Gasteiger partial charge < -0.3 is 0 Å². The highest BCUT2D eigenvalue weighted by molar-refractivity contribution is 5.92. The number of carbonyl (C=O) groups is 1. The number of ketones is 1. The van der Waals surface area contributed by atoms with E-state index < -0.39 is 31.0 Å². The minimum atomic E-state index is -0.905. The Morgan fingerprint density at radius 1 is 0.750 bits per heavy atom. The second kappa shape index (κ2) is 6.94. The van der Waals surface area contributed by atoms with Crippen LogP contribution in [0.4, 0.5) is 8.78 Å². The SMILES string of the molecule is O=C(C(CF)c1ccccc1)C(CF)c1ccccc1. The van der Waals surface area contributed by atoms with Crippen molar-refractivity contribution in [1.29, 1.82) is 0 Å². The number of carbonyl (C=O) groups excluding carboxylic acids is 1. The molecule has 1 nitrogen and oxygen atoms in total. The predicted octanol–water partition coefficient (Wildman–Crippen LogP) is 4.06. The Labute approximate surface area is 117 Å². The van der Waals surface area contributed by atoms with Crippen LogP contribution >= 0.6 is 0 Å². The molecule has 0 radical (unpaired) electrons. The highest BCUT2D eigenvalue weighted by Crippen LogP contribution is 2.27. The van der Waals surface area contributed by atoms with E-state index in [4.69, 9.17) is 0 Å². The maximum Gasteiger partial charge on any atom is 0.153 e. The van der Waals surface area contributed by atoms with E-state index in [1.54, 1.807) is 60.7 Å². The molecule has 0 aliphatic carbocycles. The quantitative estimate of drug-likeness (QED) is 0.776. The monoisotopic (exact) mass is 274 g/mol. The first-order valence-corrected chi connectivity index (χ1v) is 6.53. The van der Waals surface area contributed by atoms with Crippen molar-refractivity contribution >= 4 is 5.78 Å². The summed E-state index contributed by atoms with van der Waals surface area (Å²) in [5.41, 5.74) is 1.18. The molecule has 0 heterocycles. The van der Waals surface area contributed by atoms with Gasteiger partial charge in [-0.15, -0.1) is 0 Å². The van der Waals surface area contributed by atoms with Crippen LogP contribution in [-0.4, -0.2) is 19.1 Å². The summed E-state index contributed by atoms with van der Waals surface area (Å²) in [5, 5.41) is 0. The molecule has 0 saturated heterocycles. The van der Waals surface area contributed by atoms with Crippen LogP contribution in [-0.2, 0) is 4.79 Å². The van der Waals surface area contributed by atoms with Crippen LogP contribution in [0.2, 0.25) is 0 Å². The smallest absolute Gasteiger partial charge is 0.153 e. The van der Waals surface area contributed by atoms with E-state index in [0.29, 0.717) is 11.1 Å². The zero-order valence-corrected chi connectivity index (χ0v) is 11.0. The predicted molar refractivity (Wildman–Crippen MR) is 75.3 cm³/mol. The lowest BCUT2D eigenvalue weighted by Gasteiger charge is -2.19. The average molecular weight is 274 g/mol. The molecular formula is C17H16F2O. The van der Waals surface area contributed by atoms with Gasteiger partial charge in [0, 0.05) is 0 Å². The lowest BCUT2D eigenvalue weighted by atomic mass is 9.85. The van der Waals surface area contributed by atoms with Gasteiger partial charge in [0.15, 0.2) is 5.78 Å². The van der Waals surface area contributed by atoms with E-state index >= 15 is 0 Å². The lowest BCUT2D eigenvalue weighted by Crippen LogP contribution is -2.23. The zero-order valence-electron chi connectivity index (χ0n) is 11.0. The fourth-order valence-electron chi connectivity index (χ4n) is 2.27. The normalized spacial score (nSPS) is 13.7. The van der Waals surface area contributed by atoms with Gasteiger partial charge >= 0.3 is 0 Å². The van der Waals surface area contributed by atoms with Crippen molar-refractivity contribution in [3.63, 3.8) is 0 Å². The minimum absolute atomic E-state index is 0.410. The highest BCUT2D eigenvalue weighted by atomic mass is 19.1. The maximum absolute atomic E-state index is 13.3. The number of hydrogen-bond acceptors (Lipinski definition) is 1. The molecule has 0 N–H and O–H groups in total. The van der Waals surface area contributed by atoms with Crippen molar-refractivity contribution in [3.05, 3.63) is 71.8 Å². The largest absolute Gasteiger partial charge is 0.298 e. The molecule has 0 saturated carbocycles. The minimum Gasteiger partial charge on any atom is -0.298 e. The van der Waals surface area contributed by atoms with Crippen molar-refractivity contribution in [3.8, 4) is 0 Å². The number of halogens is 2. The third-order valence-corrected chi connectivity index (χ3v) is 3.40. The number of alkyl halides is 2. The number of rotatable bonds is 6. The zero-order chi connectivity index (χ0) is 14.4. The first kappa shape index (κ1) is 14.4. The molecule has 0 aromatic heterocycles. The van der Waals surface area contributed by atoms with E-state index in [2.05, 4.69) is 0 Å². The molecule has 0 aliphatic heterocycles. The molecule has 3 heteroatoms. The molecule has 104 valence electrons. The van der Waals surface area contributed by atoms with E-state index in [-0.39, 0.29) is 0 Å². The molecule has 20 heavy (non-hydrogen) atoms. The summed E-state index contributed by atoms with van der Waals surface area (Å²) < 4.78 is 26.5. The van der Waals surface area contributed by atoms with Gasteiger partial charge in [0.05, 0.1) is 11.8 Å². The van der Waals surface area contributed by atoms with E-state index in [1.807, 2.05) is 0 Å². The van der Waals surface area contributed by atoms with Crippen LogP contribution in [0.25, 0.3) is 0 Å². The molecule has 0 amide bonds. The van der Waals surface area contributed by atoms with Crippen molar-refractivity contribution in [2.45, 2.75) is 11.8 Å². The van der Waals surface area contributed by atoms with Crippen molar-refractivity contribution < 1.29 is 13.6 Å². The second-order valence-corrected chi connectivity index (χ2v) is 4.64. The topological polar surface area (TPSA) is 17.1 Å². The van der Waals surface area contributed by atoms with Crippen LogP contribution in [0.15, 0.2) is 60.7 Å². The molecule has 2 unspecified atom stereocenters. The number of hydrogen-bond donors (Lipinski definition) is 0. The Kier molecular flexibility index (Phi) is 4.99. The molecule has 0 fully saturated rings. The van der Waals surface area contributed by atoms with Crippen LogP contribution in [0, 0.1) is 0 Å².